The highest BCUT2D eigenvalue weighted by Gasteiger charge is 2.14. The first-order valence-corrected chi connectivity index (χ1v) is 9.34. The van der Waals surface area contributed by atoms with Crippen LogP contribution in [0.3, 0.4) is 0 Å². The lowest BCUT2D eigenvalue weighted by Gasteiger charge is -2.11. The van der Waals surface area contributed by atoms with Gasteiger partial charge in [-0.3, -0.25) is 4.79 Å². The third-order valence-electron chi connectivity index (χ3n) is 4.72. The smallest absolute Gasteiger partial charge is 0.216 e. The fourth-order valence-corrected chi connectivity index (χ4v) is 3.07. The third-order valence-corrected chi connectivity index (χ3v) is 4.72. The highest BCUT2D eigenvalue weighted by molar-refractivity contribution is 5.72. The van der Waals surface area contributed by atoms with E-state index in [1.807, 2.05) is 16.8 Å². The number of benzene rings is 2. The van der Waals surface area contributed by atoms with Crippen molar-refractivity contribution in [2.75, 3.05) is 6.54 Å². The average molecular weight is 362 g/mol. The average Bonchev–Trinajstić information content (AvgIpc) is 3.06. The standard InChI is InChI=1S/C22H26N4O/c1-16-8-7-11-20(17(16)2)26-22(14-15-23-18(3)27)24-21(25-26)13-12-19-9-5-4-6-10-19/h4-11H,12-15H2,1-3H3,(H,23,27). The first-order chi connectivity index (χ1) is 13.0. The molecule has 1 amide bonds. The molecule has 1 aromatic heterocycles. The Balaban J connectivity index is 1.86. The monoisotopic (exact) mass is 362 g/mol. The molecule has 0 atom stereocenters. The van der Waals surface area contributed by atoms with E-state index >= 15 is 0 Å². The zero-order valence-corrected chi connectivity index (χ0v) is 16.2. The quantitative estimate of drug-likeness (QED) is 0.701. The molecule has 0 radical (unpaired) electrons. The van der Waals surface area contributed by atoms with Gasteiger partial charge in [-0.1, -0.05) is 42.5 Å². The van der Waals surface area contributed by atoms with Gasteiger partial charge in [0.15, 0.2) is 5.82 Å². The van der Waals surface area contributed by atoms with Gasteiger partial charge in [-0.2, -0.15) is 5.10 Å². The number of aromatic nitrogens is 3. The van der Waals surface area contributed by atoms with E-state index in [0.717, 1.165) is 30.2 Å². The molecule has 0 saturated heterocycles. The molecule has 0 aliphatic heterocycles. The van der Waals surface area contributed by atoms with E-state index in [0.29, 0.717) is 13.0 Å². The Morgan fingerprint density at radius 1 is 1.00 bits per heavy atom. The van der Waals surface area contributed by atoms with Gasteiger partial charge in [0.25, 0.3) is 0 Å². The summed E-state index contributed by atoms with van der Waals surface area (Å²) in [5, 5.41) is 7.63. The Kier molecular flexibility index (Phi) is 6.01. The number of nitrogens with one attached hydrogen (secondary N) is 1. The molecule has 1 heterocycles. The van der Waals surface area contributed by atoms with Gasteiger partial charge >= 0.3 is 0 Å². The predicted octanol–water partition coefficient (Wildman–Crippen LogP) is 3.35. The second-order valence-corrected chi connectivity index (χ2v) is 6.79. The van der Waals surface area contributed by atoms with Crippen LogP contribution >= 0.6 is 0 Å². The van der Waals surface area contributed by atoms with Crippen LogP contribution in [0.5, 0.6) is 0 Å². The van der Waals surface area contributed by atoms with Gasteiger partial charge in [-0.05, 0) is 43.0 Å². The molecule has 0 fully saturated rings. The van der Waals surface area contributed by atoms with Crippen LogP contribution < -0.4 is 5.32 Å². The lowest BCUT2D eigenvalue weighted by molar-refractivity contribution is -0.118. The second kappa shape index (κ2) is 8.62. The summed E-state index contributed by atoms with van der Waals surface area (Å²) in [6.45, 7) is 6.29. The molecule has 0 spiro atoms. The minimum Gasteiger partial charge on any atom is -0.356 e. The van der Waals surface area contributed by atoms with E-state index in [9.17, 15) is 4.79 Å². The molecule has 5 heteroatoms. The maximum Gasteiger partial charge on any atom is 0.216 e. The number of aryl methyl sites for hydroxylation is 3. The molecular formula is C22H26N4O. The number of carbonyl (C=O) groups excluding carboxylic acids is 1. The number of rotatable bonds is 7. The van der Waals surface area contributed by atoms with Crippen LogP contribution in [0.2, 0.25) is 0 Å². The van der Waals surface area contributed by atoms with Crippen molar-refractivity contribution in [3.63, 3.8) is 0 Å². The normalized spacial score (nSPS) is 10.8. The number of hydrogen-bond acceptors (Lipinski definition) is 3. The molecule has 0 unspecified atom stereocenters. The van der Waals surface area contributed by atoms with E-state index in [4.69, 9.17) is 10.1 Å². The summed E-state index contributed by atoms with van der Waals surface area (Å²) in [5.41, 5.74) is 4.74. The predicted molar refractivity (Wildman–Crippen MR) is 107 cm³/mol. The van der Waals surface area contributed by atoms with Crippen LogP contribution in [0.1, 0.15) is 35.3 Å². The van der Waals surface area contributed by atoms with Crippen LogP contribution in [-0.2, 0) is 24.1 Å². The zero-order chi connectivity index (χ0) is 19.2. The van der Waals surface area contributed by atoms with Gasteiger partial charge in [-0.15, -0.1) is 0 Å². The van der Waals surface area contributed by atoms with E-state index in [1.165, 1.54) is 23.6 Å². The molecule has 3 rings (SSSR count). The number of nitrogens with zero attached hydrogens (tertiary/aromatic N) is 3. The van der Waals surface area contributed by atoms with Gasteiger partial charge in [-0.25, -0.2) is 9.67 Å². The summed E-state index contributed by atoms with van der Waals surface area (Å²) in [5.74, 6) is 1.68. The van der Waals surface area contributed by atoms with Gasteiger partial charge in [0.1, 0.15) is 5.82 Å². The zero-order valence-electron chi connectivity index (χ0n) is 16.2. The Labute approximate surface area is 160 Å². The van der Waals surface area contributed by atoms with Crippen LogP contribution in [0.25, 0.3) is 5.69 Å². The molecule has 5 nitrogen and oxygen atoms in total. The van der Waals surface area contributed by atoms with Crippen molar-refractivity contribution in [1.29, 1.82) is 0 Å². The van der Waals surface area contributed by atoms with Crippen LogP contribution in [0, 0.1) is 13.8 Å². The number of hydrogen-bond donors (Lipinski definition) is 1. The molecule has 2 aromatic carbocycles. The molecular weight excluding hydrogens is 336 g/mol. The second-order valence-electron chi connectivity index (χ2n) is 6.79. The van der Waals surface area contributed by atoms with Crippen molar-refractivity contribution in [2.45, 2.75) is 40.0 Å². The minimum atomic E-state index is -0.0305. The Morgan fingerprint density at radius 2 is 1.78 bits per heavy atom. The lowest BCUT2D eigenvalue weighted by atomic mass is 10.1. The fourth-order valence-electron chi connectivity index (χ4n) is 3.07. The molecule has 0 saturated carbocycles. The minimum absolute atomic E-state index is 0.0305. The number of amides is 1. The molecule has 0 aliphatic rings. The largest absolute Gasteiger partial charge is 0.356 e. The van der Waals surface area contributed by atoms with E-state index in [1.54, 1.807) is 0 Å². The van der Waals surface area contributed by atoms with E-state index in [2.05, 4.69) is 55.6 Å². The van der Waals surface area contributed by atoms with Crippen molar-refractivity contribution in [1.82, 2.24) is 20.1 Å². The first-order valence-electron chi connectivity index (χ1n) is 9.34. The van der Waals surface area contributed by atoms with Crippen LogP contribution in [-0.4, -0.2) is 27.2 Å². The van der Waals surface area contributed by atoms with Crippen molar-refractivity contribution >= 4 is 5.91 Å². The SMILES string of the molecule is CC(=O)NCCc1nc(CCc2ccccc2)nn1-c1cccc(C)c1C. The van der Waals surface area contributed by atoms with Gasteiger partial charge < -0.3 is 5.32 Å². The van der Waals surface area contributed by atoms with Gasteiger partial charge in [0, 0.05) is 26.3 Å². The maximum atomic E-state index is 11.2. The highest BCUT2D eigenvalue weighted by Crippen LogP contribution is 2.19. The molecule has 0 aliphatic carbocycles. The lowest BCUT2D eigenvalue weighted by Crippen LogP contribution is -2.23. The molecule has 140 valence electrons. The number of carbonyl (C=O) groups is 1. The van der Waals surface area contributed by atoms with Crippen molar-refractivity contribution < 1.29 is 4.79 Å². The van der Waals surface area contributed by atoms with E-state index < -0.39 is 0 Å². The molecule has 3 aromatic rings. The van der Waals surface area contributed by atoms with Gasteiger partial charge in [0.05, 0.1) is 5.69 Å². The highest BCUT2D eigenvalue weighted by atomic mass is 16.1. The topological polar surface area (TPSA) is 59.8 Å². The Morgan fingerprint density at radius 3 is 2.52 bits per heavy atom. The molecule has 1 N–H and O–H groups in total. The van der Waals surface area contributed by atoms with E-state index in [-0.39, 0.29) is 5.91 Å². The maximum absolute atomic E-state index is 11.2. The summed E-state index contributed by atoms with van der Waals surface area (Å²) < 4.78 is 1.93. The summed E-state index contributed by atoms with van der Waals surface area (Å²) in [6.07, 6.45) is 2.34. The summed E-state index contributed by atoms with van der Waals surface area (Å²) >= 11 is 0. The summed E-state index contributed by atoms with van der Waals surface area (Å²) in [4.78, 5) is 16.0. The van der Waals surface area contributed by atoms with Crippen LogP contribution in [0.4, 0.5) is 0 Å². The molecule has 27 heavy (non-hydrogen) atoms. The molecule has 0 bridgehead atoms. The van der Waals surface area contributed by atoms with Gasteiger partial charge in [0.2, 0.25) is 5.91 Å². The van der Waals surface area contributed by atoms with Crippen molar-refractivity contribution in [3.05, 3.63) is 76.9 Å². The summed E-state index contributed by atoms with van der Waals surface area (Å²) in [6, 6.07) is 16.6. The van der Waals surface area contributed by atoms with Crippen molar-refractivity contribution in [2.24, 2.45) is 0 Å². The first kappa shape index (κ1) is 18.8. The third kappa shape index (κ3) is 4.82. The fraction of sp³-hybridized carbons (Fsp3) is 0.318. The van der Waals surface area contributed by atoms with Crippen LogP contribution in [0.15, 0.2) is 48.5 Å². The Bertz CT molecular complexity index is 915. The summed E-state index contributed by atoms with van der Waals surface area (Å²) in [7, 11) is 0. The Hall–Kier alpha value is -2.95. The van der Waals surface area contributed by atoms with Crippen molar-refractivity contribution in [3.8, 4) is 5.69 Å².